The van der Waals surface area contributed by atoms with Crippen LogP contribution in [0.1, 0.15) is 54.5 Å². The molecule has 0 aliphatic rings. The van der Waals surface area contributed by atoms with E-state index in [0.717, 1.165) is 36.1 Å². The van der Waals surface area contributed by atoms with Gasteiger partial charge in [-0.3, -0.25) is 0 Å². The molecule has 0 spiro atoms. The summed E-state index contributed by atoms with van der Waals surface area (Å²) in [5, 5.41) is 12.6. The number of hydrogen-bond acceptors (Lipinski definition) is 2. The molecular weight excluding hydrogens is 391 g/mol. The maximum atomic E-state index is 11.3. The van der Waals surface area contributed by atoms with E-state index in [1.807, 2.05) is 6.07 Å². The van der Waals surface area contributed by atoms with Crippen molar-refractivity contribution in [2.75, 3.05) is 0 Å². The molecule has 0 amide bonds. The summed E-state index contributed by atoms with van der Waals surface area (Å²) in [4.78, 5) is 0. The Balaban J connectivity index is 2.04. The first-order valence-corrected chi connectivity index (χ1v) is 12.0. The second-order valence-corrected chi connectivity index (χ2v) is 9.68. The molecule has 0 heterocycles. The van der Waals surface area contributed by atoms with Crippen molar-refractivity contribution >= 4 is 26.5 Å². The van der Waals surface area contributed by atoms with E-state index in [2.05, 4.69) is 94.1 Å². The van der Waals surface area contributed by atoms with Crippen LogP contribution in [0.2, 0.25) is 0 Å². The van der Waals surface area contributed by atoms with E-state index in [1.165, 1.54) is 22.0 Å². The molecule has 0 aliphatic heterocycles. The number of benzene rings is 3. The first kappa shape index (κ1) is 21.9. The van der Waals surface area contributed by atoms with Crippen molar-refractivity contribution in [2.45, 2.75) is 50.9 Å². The molecule has 1 atom stereocenters. The Morgan fingerprint density at radius 3 is 2.17 bits per heavy atom. The number of aryl methyl sites for hydroxylation is 1. The topological polar surface area (TPSA) is 20.2 Å². The summed E-state index contributed by atoms with van der Waals surface area (Å²) in [5.74, 6) is 1.21. The largest absolute Gasteiger partial charge is 0.507 e. The molecule has 152 valence electrons. The summed E-state index contributed by atoms with van der Waals surface area (Å²) in [6, 6.07) is 23.2. The van der Waals surface area contributed by atoms with Gasteiger partial charge in [-0.05, 0) is 47.3 Å². The van der Waals surface area contributed by atoms with Gasteiger partial charge in [-0.25, -0.2) is 0 Å². The van der Waals surface area contributed by atoms with Crippen LogP contribution in [0.5, 0.6) is 5.75 Å². The van der Waals surface area contributed by atoms with Gasteiger partial charge in [0.25, 0.3) is 0 Å². The number of phenolic OH excluding ortho intramolecular Hbond substituents is 1. The molecular formula is C26H31OPS. The Bertz CT molecular complexity index is 948. The number of aromatic hydroxyl groups is 1. The van der Waals surface area contributed by atoms with Crippen LogP contribution in [0, 0.1) is 6.92 Å². The molecule has 3 heteroatoms. The molecule has 0 saturated carbocycles. The lowest BCUT2D eigenvalue weighted by Crippen LogP contribution is -2.24. The van der Waals surface area contributed by atoms with Gasteiger partial charge in [-0.1, -0.05) is 89.2 Å². The van der Waals surface area contributed by atoms with Gasteiger partial charge in [0.1, 0.15) is 5.75 Å². The Hall–Kier alpha value is -1.76. The normalized spacial score (nSPS) is 12.0. The van der Waals surface area contributed by atoms with E-state index in [0.29, 0.717) is 14.3 Å². The number of thiol groups is 1. The Labute approximate surface area is 182 Å². The fourth-order valence-corrected chi connectivity index (χ4v) is 6.28. The van der Waals surface area contributed by atoms with Crippen molar-refractivity contribution < 1.29 is 5.11 Å². The summed E-state index contributed by atoms with van der Waals surface area (Å²) in [6.45, 7) is 6.69. The van der Waals surface area contributed by atoms with Crippen molar-refractivity contribution in [1.82, 2.24) is 0 Å². The molecule has 0 fully saturated rings. The van der Waals surface area contributed by atoms with E-state index < -0.39 is 0 Å². The first-order valence-electron chi connectivity index (χ1n) is 10.4. The molecule has 1 N–H and O–H groups in total. The molecule has 0 saturated heterocycles. The summed E-state index contributed by atoms with van der Waals surface area (Å²) in [6.07, 6.45) is 2.73. The molecule has 0 radical (unpaired) electrons. The maximum absolute atomic E-state index is 11.3. The molecule has 29 heavy (non-hydrogen) atoms. The van der Waals surface area contributed by atoms with E-state index in [9.17, 15) is 5.11 Å². The first-order chi connectivity index (χ1) is 14.0. The van der Waals surface area contributed by atoms with Crippen molar-refractivity contribution in [1.29, 1.82) is 0 Å². The van der Waals surface area contributed by atoms with Crippen molar-refractivity contribution in [3.63, 3.8) is 0 Å². The molecule has 0 bridgehead atoms. The van der Waals surface area contributed by atoms with Crippen LogP contribution in [0.3, 0.4) is 0 Å². The van der Waals surface area contributed by atoms with E-state index in [-0.39, 0.29) is 5.16 Å². The van der Waals surface area contributed by atoms with Crippen molar-refractivity contribution in [3.8, 4) is 5.75 Å². The average molecular weight is 423 g/mol. The highest BCUT2D eigenvalue weighted by Gasteiger charge is 2.33. The van der Waals surface area contributed by atoms with Gasteiger partial charge in [0.15, 0.2) is 0 Å². The highest BCUT2D eigenvalue weighted by atomic mass is 32.1. The number of phenols is 1. The second-order valence-electron chi connectivity index (χ2n) is 7.66. The predicted octanol–water partition coefficient (Wildman–Crippen LogP) is 6.74. The summed E-state index contributed by atoms with van der Waals surface area (Å²) < 4.78 is 0. The van der Waals surface area contributed by atoms with Crippen LogP contribution in [0.15, 0.2) is 66.7 Å². The van der Waals surface area contributed by atoms with Gasteiger partial charge in [-0.2, -0.15) is 12.6 Å². The highest BCUT2D eigenvalue weighted by Crippen LogP contribution is 2.51. The molecule has 0 aromatic heterocycles. The minimum Gasteiger partial charge on any atom is -0.507 e. The minimum absolute atomic E-state index is 0.0689. The standard InChI is InChI=1S/C26H31OPS/c1-4-26(5-2,28-25-19(3)11-9-15-22(25)18-29)23-16-10-14-21(24(23)27)17-20-12-7-6-8-13-20/h6-16,27-29H,4-5,17-18H2,1-3H3. The highest BCUT2D eigenvalue weighted by molar-refractivity contribution is 7.79. The average Bonchev–Trinajstić information content (AvgIpc) is 2.75. The molecule has 3 aromatic rings. The molecule has 1 unspecified atom stereocenters. The maximum Gasteiger partial charge on any atom is 0.123 e. The van der Waals surface area contributed by atoms with E-state index >= 15 is 0 Å². The quantitative estimate of drug-likeness (QED) is 0.304. The predicted molar refractivity (Wildman–Crippen MR) is 131 cm³/mol. The molecule has 3 rings (SSSR count). The van der Waals surface area contributed by atoms with Crippen LogP contribution < -0.4 is 5.30 Å². The van der Waals surface area contributed by atoms with Gasteiger partial charge in [0, 0.05) is 22.9 Å². The SMILES string of the molecule is CCC(CC)(Pc1c(C)cccc1CS)c1cccc(Cc2ccccc2)c1O. The number of para-hydroxylation sites is 1. The number of rotatable bonds is 8. The van der Waals surface area contributed by atoms with Crippen molar-refractivity contribution in [2.24, 2.45) is 0 Å². The monoisotopic (exact) mass is 422 g/mol. The third kappa shape index (κ3) is 4.71. The van der Waals surface area contributed by atoms with Crippen LogP contribution in [-0.2, 0) is 17.3 Å². The van der Waals surface area contributed by atoms with Gasteiger partial charge < -0.3 is 5.11 Å². The zero-order chi connectivity index (χ0) is 20.9. The lowest BCUT2D eigenvalue weighted by molar-refractivity contribution is 0.443. The number of hydrogen-bond donors (Lipinski definition) is 2. The third-order valence-corrected chi connectivity index (χ3v) is 8.73. The van der Waals surface area contributed by atoms with Crippen LogP contribution in [0.4, 0.5) is 0 Å². The van der Waals surface area contributed by atoms with Crippen LogP contribution >= 0.6 is 21.2 Å². The van der Waals surface area contributed by atoms with Gasteiger partial charge in [0.05, 0.1) is 0 Å². The summed E-state index contributed by atoms with van der Waals surface area (Å²) >= 11 is 4.57. The minimum atomic E-state index is -0.0689. The summed E-state index contributed by atoms with van der Waals surface area (Å²) in [5.41, 5.74) is 5.93. The van der Waals surface area contributed by atoms with Crippen molar-refractivity contribution in [3.05, 3.63) is 94.5 Å². The molecule has 1 nitrogen and oxygen atoms in total. The molecule has 0 aliphatic carbocycles. The second kappa shape index (κ2) is 9.83. The zero-order valence-electron chi connectivity index (χ0n) is 17.6. The lowest BCUT2D eigenvalue weighted by atomic mass is 9.89. The lowest BCUT2D eigenvalue weighted by Gasteiger charge is -2.35. The van der Waals surface area contributed by atoms with E-state index in [1.54, 1.807) is 0 Å². The van der Waals surface area contributed by atoms with Gasteiger partial charge in [0.2, 0.25) is 0 Å². The summed E-state index contributed by atoms with van der Waals surface area (Å²) in [7, 11) is 0.600. The van der Waals surface area contributed by atoms with E-state index in [4.69, 9.17) is 0 Å². The smallest absolute Gasteiger partial charge is 0.123 e. The Morgan fingerprint density at radius 1 is 0.862 bits per heavy atom. The fourth-order valence-electron chi connectivity index (χ4n) is 4.09. The molecule has 3 aromatic carbocycles. The van der Waals surface area contributed by atoms with Gasteiger partial charge in [-0.15, -0.1) is 0 Å². The van der Waals surface area contributed by atoms with Crippen LogP contribution in [-0.4, -0.2) is 5.11 Å². The van der Waals surface area contributed by atoms with Gasteiger partial charge >= 0.3 is 0 Å². The van der Waals surface area contributed by atoms with Crippen LogP contribution in [0.25, 0.3) is 0 Å². The Morgan fingerprint density at radius 2 is 1.52 bits per heavy atom. The third-order valence-electron chi connectivity index (χ3n) is 5.97. The zero-order valence-corrected chi connectivity index (χ0v) is 19.5. The fraction of sp³-hybridized carbons (Fsp3) is 0.308. The Kier molecular flexibility index (Phi) is 7.44.